The minimum absolute atomic E-state index is 0.148. The Balaban J connectivity index is 1.27. The van der Waals surface area contributed by atoms with Crippen LogP contribution in [0.3, 0.4) is 0 Å². The molecule has 1 saturated heterocycles. The number of aromatic nitrogens is 2. The first-order valence-electron chi connectivity index (χ1n) is 11.6. The Kier molecular flexibility index (Phi) is 5.75. The van der Waals surface area contributed by atoms with E-state index in [2.05, 4.69) is 20.8 Å². The maximum absolute atomic E-state index is 13.3. The van der Waals surface area contributed by atoms with E-state index in [9.17, 15) is 14.4 Å². The van der Waals surface area contributed by atoms with E-state index in [1.165, 1.54) is 0 Å². The Bertz CT molecular complexity index is 1480. The van der Waals surface area contributed by atoms with E-state index in [0.29, 0.717) is 28.5 Å². The van der Waals surface area contributed by atoms with Gasteiger partial charge in [0.2, 0.25) is 5.91 Å². The number of carbonyl (C=O) groups excluding carboxylic acids is 3. The molecule has 0 bridgehead atoms. The quantitative estimate of drug-likeness (QED) is 0.392. The van der Waals surface area contributed by atoms with Crippen molar-refractivity contribution in [3.05, 3.63) is 78.1 Å². The van der Waals surface area contributed by atoms with Gasteiger partial charge in [-0.3, -0.25) is 14.5 Å². The maximum atomic E-state index is 13.3. The van der Waals surface area contributed by atoms with E-state index >= 15 is 0 Å². The van der Waals surface area contributed by atoms with Crippen molar-refractivity contribution in [2.24, 2.45) is 0 Å². The SMILES string of the molecule is CC(C)c1noc(-c2ccc(NC(=O)CN3C(=O)NC(C)(c4ccc5ccccc5c4)C3=O)cc2)n1. The largest absolute Gasteiger partial charge is 0.334 e. The summed E-state index contributed by atoms with van der Waals surface area (Å²) in [4.78, 5) is 43.9. The molecule has 3 aromatic carbocycles. The second kappa shape index (κ2) is 8.92. The Morgan fingerprint density at radius 1 is 1.06 bits per heavy atom. The van der Waals surface area contributed by atoms with Crippen molar-refractivity contribution in [2.45, 2.75) is 32.2 Å². The van der Waals surface area contributed by atoms with Crippen molar-refractivity contribution < 1.29 is 18.9 Å². The number of benzene rings is 3. The molecule has 2 N–H and O–H groups in total. The van der Waals surface area contributed by atoms with Crippen LogP contribution in [0.1, 0.15) is 38.1 Å². The van der Waals surface area contributed by atoms with Gasteiger partial charge in [0.25, 0.3) is 11.8 Å². The van der Waals surface area contributed by atoms with Crippen molar-refractivity contribution in [3.8, 4) is 11.5 Å². The van der Waals surface area contributed by atoms with Crippen molar-refractivity contribution in [1.82, 2.24) is 20.4 Å². The van der Waals surface area contributed by atoms with Crippen LogP contribution in [-0.2, 0) is 15.1 Å². The number of hydrogen-bond donors (Lipinski definition) is 2. The first-order chi connectivity index (χ1) is 17.2. The molecule has 5 rings (SSSR count). The first-order valence-corrected chi connectivity index (χ1v) is 11.6. The average molecular weight is 484 g/mol. The lowest BCUT2D eigenvalue weighted by molar-refractivity contribution is -0.133. The summed E-state index contributed by atoms with van der Waals surface area (Å²) in [5, 5.41) is 11.4. The molecular formula is C27H25N5O4. The molecule has 4 amide bonds. The predicted octanol–water partition coefficient (Wildman–Crippen LogP) is 4.42. The molecule has 9 heteroatoms. The third kappa shape index (κ3) is 4.19. The zero-order valence-electron chi connectivity index (χ0n) is 20.1. The number of rotatable bonds is 6. The molecule has 1 aromatic heterocycles. The average Bonchev–Trinajstić information content (AvgIpc) is 3.45. The number of carbonyl (C=O) groups is 3. The molecule has 9 nitrogen and oxygen atoms in total. The Morgan fingerprint density at radius 2 is 1.78 bits per heavy atom. The highest BCUT2D eigenvalue weighted by atomic mass is 16.5. The molecular weight excluding hydrogens is 458 g/mol. The third-order valence-electron chi connectivity index (χ3n) is 6.28. The van der Waals surface area contributed by atoms with Crippen molar-refractivity contribution in [2.75, 3.05) is 11.9 Å². The van der Waals surface area contributed by atoms with Gasteiger partial charge in [0.05, 0.1) is 0 Å². The van der Waals surface area contributed by atoms with Gasteiger partial charge in [-0.05, 0) is 53.6 Å². The molecule has 2 heterocycles. The molecule has 0 radical (unpaired) electrons. The van der Waals surface area contributed by atoms with E-state index in [1.807, 2.05) is 56.3 Å². The second-order valence-electron chi connectivity index (χ2n) is 9.25. The minimum Gasteiger partial charge on any atom is -0.334 e. The number of urea groups is 1. The van der Waals surface area contributed by atoms with Crippen LogP contribution in [0.15, 0.2) is 71.3 Å². The summed E-state index contributed by atoms with van der Waals surface area (Å²) in [6.45, 7) is 5.19. The summed E-state index contributed by atoms with van der Waals surface area (Å²) in [6.07, 6.45) is 0. The molecule has 0 spiro atoms. The maximum Gasteiger partial charge on any atom is 0.325 e. The van der Waals surface area contributed by atoms with Gasteiger partial charge in [-0.1, -0.05) is 55.4 Å². The van der Waals surface area contributed by atoms with Crippen molar-refractivity contribution >= 4 is 34.3 Å². The van der Waals surface area contributed by atoms with Crippen LogP contribution >= 0.6 is 0 Å². The van der Waals surface area contributed by atoms with Crippen molar-refractivity contribution in [1.29, 1.82) is 0 Å². The van der Waals surface area contributed by atoms with Crippen LogP contribution in [0.4, 0.5) is 10.5 Å². The van der Waals surface area contributed by atoms with Gasteiger partial charge >= 0.3 is 6.03 Å². The number of imide groups is 1. The molecule has 1 unspecified atom stereocenters. The normalized spacial score (nSPS) is 17.6. The third-order valence-corrected chi connectivity index (χ3v) is 6.28. The van der Waals surface area contributed by atoms with E-state index in [1.54, 1.807) is 31.2 Å². The molecule has 1 atom stereocenters. The topological polar surface area (TPSA) is 117 Å². The van der Waals surface area contributed by atoms with Crippen LogP contribution in [0.5, 0.6) is 0 Å². The lowest BCUT2D eigenvalue weighted by Gasteiger charge is -2.22. The van der Waals surface area contributed by atoms with E-state index in [-0.39, 0.29) is 5.92 Å². The van der Waals surface area contributed by atoms with Gasteiger partial charge in [0.1, 0.15) is 12.1 Å². The van der Waals surface area contributed by atoms with Gasteiger partial charge in [-0.2, -0.15) is 4.98 Å². The van der Waals surface area contributed by atoms with Crippen LogP contribution in [-0.4, -0.2) is 39.4 Å². The summed E-state index contributed by atoms with van der Waals surface area (Å²) in [7, 11) is 0. The predicted molar refractivity (Wildman–Crippen MR) is 134 cm³/mol. The van der Waals surface area contributed by atoms with Crippen LogP contribution in [0, 0.1) is 0 Å². The van der Waals surface area contributed by atoms with E-state index in [0.717, 1.165) is 15.7 Å². The lowest BCUT2D eigenvalue weighted by Crippen LogP contribution is -2.42. The number of amides is 4. The highest BCUT2D eigenvalue weighted by Crippen LogP contribution is 2.31. The first kappa shape index (κ1) is 23.2. The second-order valence-corrected chi connectivity index (χ2v) is 9.25. The fraction of sp³-hybridized carbons (Fsp3) is 0.222. The Hall–Kier alpha value is -4.53. The van der Waals surface area contributed by atoms with Gasteiger partial charge in [0, 0.05) is 17.2 Å². The fourth-order valence-corrected chi connectivity index (χ4v) is 4.16. The van der Waals surface area contributed by atoms with Gasteiger partial charge in [-0.25, -0.2) is 4.79 Å². The fourth-order valence-electron chi connectivity index (χ4n) is 4.16. The summed E-state index contributed by atoms with van der Waals surface area (Å²) >= 11 is 0. The summed E-state index contributed by atoms with van der Waals surface area (Å²) in [5.74, 6) is 0.185. The summed E-state index contributed by atoms with van der Waals surface area (Å²) < 4.78 is 5.29. The smallest absolute Gasteiger partial charge is 0.325 e. The van der Waals surface area contributed by atoms with Crippen LogP contribution in [0.2, 0.25) is 0 Å². The molecule has 0 aliphatic carbocycles. The van der Waals surface area contributed by atoms with E-state index < -0.39 is 29.9 Å². The molecule has 36 heavy (non-hydrogen) atoms. The summed E-state index contributed by atoms with van der Waals surface area (Å²) in [5.41, 5.74) is 0.617. The number of fused-ring (bicyclic) bond motifs is 1. The monoisotopic (exact) mass is 483 g/mol. The molecule has 0 saturated carbocycles. The van der Waals surface area contributed by atoms with Gasteiger partial charge in [-0.15, -0.1) is 0 Å². The molecule has 1 aliphatic heterocycles. The number of hydrogen-bond acceptors (Lipinski definition) is 6. The van der Waals surface area contributed by atoms with Crippen LogP contribution in [0.25, 0.3) is 22.2 Å². The number of anilines is 1. The summed E-state index contributed by atoms with van der Waals surface area (Å²) in [6, 6.07) is 19.7. The Morgan fingerprint density at radius 3 is 2.47 bits per heavy atom. The zero-order chi connectivity index (χ0) is 25.4. The molecule has 1 aliphatic rings. The molecule has 4 aromatic rings. The minimum atomic E-state index is -1.26. The molecule has 182 valence electrons. The highest BCUT2D eigenvalue weighted by Gasteiger charge is 2.49. The zero-order valence-corrected chi connectivity index (χ0v) is 20.1. The highest BCUT2D eigenvalue weighted by molar-refractivity contribution is 6.10. The van der Waals surface area contributed by atoms with Gasteiger partial charge < -0.3 is 15.2 Å². The van der Waals surface area contributed by atoms with E-state index in [4.69, 9.17) is 4.52 Å². The molecule has 1 fully saturated rings. The van der Waals surface area contributed by atoms with Gasteiger partial charge in [0.15, 0.2) is 5.82 Å². The lowest BCUT2D eigenvalue weighted by atomic mass is 9.90. The number of nitrogens with zero attached hydrogens (tertiary/aromatic N) is 3. The Labute approximate surface area is 207 Å². The van der Waals surface area contributed by atoms with Crippen LogP contribution < -0.4 is 10.6 Å². The number of nitrogens with one attached hydrogen (secondary N) is 2. The van der Waals surface area contributed by atoms with Crippen molar-refractivity contribution in [3.63, 3.8) is 0 Å². The standard InChI is InChI=1S/C27H25N5O4/c1-16(2)23-29-24(36-31-23)18-9-12-21(13-10-18)28-22(33)15-32-25(34)27(3,30-26(32)35)20-11-8-17-6-4-5-7-19(17)14-20/h4-14,16H,15H2,1-3H3,(H,28,33)(H,30,35).